The van der Waals surface area contributed by atoms with Crippen molar-refractivity contribution in [1.82, 2.24) is 10.2 Å². The molecule has 104 valence electrons. The zero-order valence-electron chi connectivity index (χ0n) is 11.0. The van der Waals surface area contributed by atoms with Gasteiger partial charge in [-0.1, -0.05) is 13.3 Å². The molecule has 0 saturated carbocycles. The third kappa shape index (κ3) is 4.18. The molecule has 2 atom stereocenters. The first-order chi connectivity index (χ1) is 8.58. The fraction of sp³-hybridized carbons (Fsp3) is 0.833. The molecule has 2 amide bonds. The van der Waals surface area contributed by atoms with Crippen molar-refractivity contribution in [2.75, 3.05) is 20.2 Å². The topological polar surface area (TPSA) is 78.9 Å². The van der Waals surface area contributed by atoms with Gasteiger partial charge in [0, 0.05) is 20.2 Å². The van der Waals surface area contributed by atoms with E-state index in [9.17, 15) is 9.59 Å². The number of nitrogens with zero attached hydrogens (tertiary/aromatic N) is 1. The van der Waals surface area contributed by atoms with Crippen molar-refractivity contribution in [1.29, 1.82) is 0 Å². The van der Waals surface area contributed by atoms with Crippen LogP contribution in [0.4, 0.5) is 4.79 Å². The quantitative estimate of drug-likeness (QED) is 0.773. The van der Waals surface area contributed by atoms with E-state index < -0.39 is 12.0 Å². The molecule has 0 aromatic rings. The number of carbonyl (C=O) groups is 2. The van der Waals surface area contributed by atoms with Crippen LogP contribution in [-0.2, 0) is 9.53 Å². The van der Waals surface area contributed by atoms with Crippen molar-refractivity contribution in [3.05, 3.63) is 0 Å². The number of hydrogen-bond donors (Lipinski definition) is 2. The number of rotatable bonds is 5. The first kappa shape index (κ1) is 14.8. The van der Waals surface area contributed by atoms with Crippen molar-refractivity contribution in [2.24, 2.45) is 0 Å². The zero-order chi connectivity index (χ0) is 13.5. The molecule has 2 N–H and O–H groups in total. The van der Waals surface area contributed by atoms with E-state index in [0.717, 1.165) is 19.3 Å². The maximum atomic E-state index is 11.9. The van der Waals surface area contributed by atoms with Crippen LogP contribution in [0.5, 0.6) is 0 Å². The van der Waals surface area contributed by atoms with Gasteiger partial charge < -0.3 is 20.1 Å². The molecule has 1 aliphatic heterocycles. The third-order valence-electron chi connectivity index (χ3n) is 3.17. The standard InChI is InChI=1S/C12H22N2O4/c1-3-5-10(11(15)16)13-12(17)14-7-4-6-9(8-14)18-2/h9-10H,3-8H2,1-2H3,(H,13,17)(H,15,16)/t9?,10-/m0/s1. The number of likely N-dealkylation sites (tertiary alicyclic amines) is 1. The number of methoxy groups -OCH3 is 1. The summed E-state index contributed by atoms with van der Waals surface area (Å²) in [5.74, 6) is -0.981. The number of nitrogens with one attached hydrogen (secondary N) is 1. The fourth-order valence-corrected chi connectivity index (χ4v) is 2.10. The lowest BCUT2D eigenvalue weighted by Crippen LogP contribution is -2.51. The predicted molar refractivity (Wildman–Crippen MR) is 66.5 cm³/mol. The summed E-state index contributed by atoms with van der Waals surface area (Å²) in [5.41, 5.74) is 0. The Morgan fingerprint density at radius 2 is 2.28 bits per heavy atom. The summed E-state index contributed by atoms with van der Waals surface area (Å²) in [5, 5.41) is 11.6. The molecule has 1 rings (SSSR count). The molecule has 0 aromatic carbocycles. The molecular formula is C12H22N2O4. The van der Waals surface area contributed by atoms with Crippen LogP contribution < -0.4 is 5.32 Å². The summed E-state index contributed by atoms with van der Waals surface area (Å²) < 4.78 is 5.23. The average Bonchev–Trinajstić information content (AvgIpc) is 2.38. The highest BCUT2D eigenvalue weighted by molar-refractivity contribution is 5.82. The number of amides is 2. The van der Waals surface area contributed by atoms with Crippen molar-refractivity contribution < 1.29 is 19.4 Å². The van der Waals surface area contributed by atoms with Crippen LogP contribution in [0.3, 0.4) is 0 Å². The molecule has 1 aliphatic rings. The largest absolute Gasteiger partial charge is 0.480 e. The maximum absolute atomic E-state index is 11.9. The molecule has 0 aromatic heterocycles. The lowest BCUT2D eigenvalue weighted by molar-refractivity contribution is -0.139. The molecule has 0 aliphatic carbocycles. The SMILES string of the molecule is CCC[C@H](NC(=O)N1CCCC(OC)C1)C(=O)O. The van der Waals surface area contributed by atoms with Crippen LogP contribution in [0, 0.1) is 0 Å². The van der Waals surface area contributed by atoms with E-state index in [-0.39, 0.29) is 12.1 Å². The summed E-state index contributed by atoms with van der Waals surface area (Å²) in [6.45, 7) is 3.08. The Morgan fingerprint density at radius 3 is 2.83 bits per heavy atom. The number of carbonyl (C=O) groups excluding carboxylic acids is 1. The van der Waals surface area contributed by atoms with Crippen LogP contribution >= 0.6 is 0 Å². The minimum atomic E-state index is -0.981. The van der Waals surface area contributed by atoms with Crippen LogP contribution in [0.1, 0.15) is 32.6 Å². The predicted octanol–water partition coefficient (Wildman–Crippen LogP) is 1.06. The lowest BCUT2D eigenvalue weighted by Gasteiger charge is -2.32. The van der Waals surface area contributed by atoms with Gasteiger partial charge in [0.1, 0.15) is 6.04 Å². The second-order valence-electron chi connectivity index (χ2n) is 4.57. The van der Waals surface area contributed by atoms with E-state index in [0.29, 0.717) is 19.5 Å². The second-order valence-corrected chi connectivity index (χ2v) is 4.57. The number of carboxylic acid groups (broad SMARTS) is 1. The Labute approximate surface area is 107 Å². The minimum Gasteiger partial charge on any atom is -0.480 e. The van der Waals surface area contributed by atoms with Gasteiger partial charge in [0.2, 0.25) is 0 Å². The van der Waals surface area contributed by atoms with E-state index in [4.69, 9.17) is 9.84 Å². The van der Waals surface area contributed by atoms with E-state index in [1.807, 2.05) is 6.92 Å². The molecule has 1 unspecified atom stereocenters. The number of hydrogen-bond acceptors (Lipinski definition) is 3. The second kappa shape index (κ2) is 7.20. The van der Waals surface area contributed by atoms with Gasteiger partial charge in [-0.2, -0.15) is 0 Å². The summed E-state index contributed by atoms with van der Waals surface area (Å²) in [6, 6.07) is -1.11. The molecule has 18 heavy (non-hydrogen) atoms. The van der Waals surface area contributed by atoms with Gasteiger partial charge in [-0.25, -0.2) is 9.59 Å². The average molecular weight is 258 g/mol. The van der Waals surface area contributed by atoms with E-state index >= 15 is 0 Å². The third-order valence-corrected chi connectivity index (χ3v) is 3.17. The highest BCUT2D eigenvalue weighted by atomic mass is 16.5. The first-order valence-corrected chi connectivity index (χ1v) is 6.39. The van der Waals surface area contributed by atoms with Crippen LogP contribution in [0.25, 0.3) is 0 Å². The smallest absolute Gasteiger partial charge is 0.326 e. The fourth-order valence-electron chi connectivity index (χ4n) is 2.10. The molecule has 1 saturated heterocycles. The maximum Gasteiger partial charge on any atom is 0.326 e. The summed E-state index contributed by atoms with van der Waals surface area (Å²) in [6.07, 6.45) is 3.05. The van der Waals surface area contributed by atoms with Gasteiger partial charge in [0.15, 0.2) is 0 Å². The van der Waals surface area contributed by atoms with Crippen molar-refractivity contribution in [3.8, 4) is 0 Å². The molecule has 6 heteroatoms. The Morgan fingerprint density at radius 1 is 1.56 bits per heavy atom. The first-order valence-electron chi connectivity index (χ1n) is 6.39. The number of ether oxygens (including phenoxy) is 1. The van der Waals surface area contributed by atoms with E-state index in [1.165, 1.54) is 0 Å². The highest BCUT2D eigenvalue weighted by Crippen LogP contribution is 2.12. The Hall–Kier alpha value is -1.30. The molecule has 0 spiro atoms. The molecule has 0 radical (unpaired) electrons. The van der Waals surface area contributed by atoms with E-state index in [2.05, 4.69) is 5.32 Å². The Kier molecular flexibility index (Phi) is 5.91. The Balaban J connectivity index is 2.50. The summed E-state index contributed by atoms with van der Waals surface area (Å²) in [7, 11) is 1.63. The van der Waals surface area contributed by atoms with Gasteiger partial charge in [0.05, 0.1) is 6.10 Å². The van der Waals surface area contributed by atoms with Gasteiger partial charge in [-0.05, 0) is 19.3 Å². The van der Waals surface area contributed by atoms with Crippen LogP contribution in [0.2, 0.25) is 0 Å². The zero-order valence-corrected chi connectivity index (χ0v) is 11.0. The minimum absolute atomic E-state index is 0.0546. The highest BCUT2D eigenvalue weighted by Gasteiger charge is 2.26. The number of piperidine rings is 1. The van der Waals surface area contributed by atoms with Crippen molar-refractivity contribution in [2.45, 2.75) is 44.8 Å². The molecule has 1 fully saturated rings. The monoisotopic (exact) mass is 258 g/mol. The van der Waals surface area contributed by atoms with E-state index in [1.54, 1.807) is 12.0 Å². The molecule has 1 heterocycles. The number of aliphatic carboxylic acids is 1. The van der Waals surface area contributed by atoms with Crippen molar-refractivity contribution in [3.63, 3.8) is 0 Å². The molecule has 6 nitrogen and oxygen atoms in total. The van der Waals surface area contributed by atoms with Crippen LogP contribution in [0.15, 0.2) is 0 Å². The Bertz CT molecular complexity index is 296. The normalized spacial score (nSPS) is 21.4. The van der Waals surface area contributed by atoms with Crippen molar-refractivity contribution >= 4 is 12.0 Å². The van der Waals surface area contributed by atoms with Gasteiger partial charge >= 0.3 is 12.0 Å². The van der Waals surface area contributed by atoms with Gasteiger partial charge in [0.25, 0.3) is 0 Å². The van der Waals surface area contributed by atoms with Crippen LogP contribution in [-0.4, -0.2) is 54.4 Å². The summed E-state index contributed by atoms with van der Waals surface area (Å²) in [4.78, 5) is 24.5. The molecular weight excluding hydrogens is 236 g/mol. The molecule has 0 bridgehead atoms. The number of carboxylic acids is 1. The summed E-state index contributed by atoms with van der Waals surface area (Å²) >= 11 is 0. The number of urea groups is 1. The van der Waals surface area contributed by atoms with Gasteiger partial charge in [-0.3, -0.25) is 0 Å². The van der Waals surface area contributed by atoms with Gasteiger partial charge in [-0.15, -0.1) is 0 Å². The lowest BCUT2D eigenvalue weighted by atomic mass is 10.1.